The maximum absolute atomic E-state index is 11.6. The van der Waals surface area contributed by atoms with E-state index in [4.69, 9.17) is 14.4 Å². The largest absolute Gasteiger partial charge is 0.497 e. The second kappa shape index (κ2) is 6.22. The summed E-state index contributed by atoms with van der Waals surface area (Å²) >= 11 is 0. The third-order valence-corrected chi connectivity index (χ3v) is 3.08. The molecule has 1 heterocycles. The Bertz CT molecular complexity index is 700. The first kappa shape index (κ1) is 14.1. The molecule has 0 bridgehead atoms. The van der Waals surface area contributed by atoms with Gasteiger partial charge < -0.3 is 14.1 Å². The van der Waals surface area contributed by atoms with Crippen molar-refractivity contribution in [3.8, 4) is 11.8 Å². The molecule has 2 rings (SSSR count). The van der Waals surface area contributed by atoms with Gasteiger partial charge in [0.15, 0.2) is 0 Å². The fourth-order valence-electron chi connectivity index (χ4n) is 2.08. The molecule has 0 saturated carbocycles. The smallest absolute Gasteiger partial charge is 0.336 e. The average molecular weight is 272 g/mol. The molecule has 0 saturated heterocycles. The first-order valence-electron chi connectivity index (χ1n) is 6.30. The molecule has 104 valence electrons. The molecule has 0 radical (unpaired) electrons. The highest BCUT2D eigenvalue weighted by Gasteiger charge is 2.09. The summed E-state index contributed by atoms with van der Waals surface area (Å²) in [6.07, 6.45) is 0.462. The standard InChI is InChI=1S/C15H16N2O3/c1-17(7-3-6-16)10-11-8-15(18)20-14-9-12(19-2)4-5-13(11)14/h4-5,8-9H,3,7,10H2,1-2H3. The Balaban J connectivity index is 2.37. The van der Waals surface area contributed by atoms with Crippen molar-refractivity contribution in [1.82, 2.24) is 4.90 Å². The molecule has 5 nitrogen and oxygen atoms in total. The maximum Gasteiger partial charge on any atom is 0.336 e. The molecule has 1 aromatic heterocycles. The Hall–Kier alpha value is -2.32. The first-order valence-corrected chi connectivity index (χ1v) is 6.30. The Labute approximate surface area is 117 Å². The highest BCUT2D eigenvalue weighted by molar-refractivity contribution is 5.81. The topological polar surface area (TPSA) is 66.5 Å². The molecule has 0 unspecified atom stereocenters. The number of nitriles is 1. The van der Waals surface area contributed by atoms with Gasteiger partial charge in [0.05, 0.1) is 13.2 Å². The number of hydrogen-bond acceptors (Lipinski definition) is 5. The molecule has 2 aromatic rings. The Morgan fingerprint density at radius 2 is 2.20 bits per heavy atom. The third kappa shape index (κ3) is 3.16. The molecule has 0 fully saturated rings. The summed E-state index contributed by atoms with van der Waals surface area (Å²) in [5, 5.41) is 9.48. The third-order valence-electron chi connectivity index (χ3n) is 3.08. The van der Waals surface area contributed by atoms with Crippen LogP contribution in [0.25, 0.3) is 11.0 Å². The van der Waals surface area contributed by atoms with E-state index in [1.54, 1.807) is 13.2 Å². The first-order chi connectivity index (χ1) is 9.63. The summed E-state index contributed by atoms with van der Waals surface area (Å²) in [7, 11) is 3.49. The van der Waals surface area contributed by atoms with Crippen LogP contribution in [0.5, 0.6) is 5.75 Å². The Kier molecular flexibility index (Phi) is 4.38. The van der Waals surface area contributed by atoms with Gasteiger partial charge in [0.25, 0.3) is 0 Å². The van der Waals surface area contributed by atoms with Gasteiger partial charge in [0.1, 0.15) is 11.3 Å². The van der Waals surface area contributed by atoms with Crippen molar-refractivity contribution in [3.05, 3.63) is 40.2 Å². The van der Waals surface area contributed by atoms with Crippen LogP contribution in [0.2, 0.25) is 0 Å². The number of methoxy groups -OCH3 is 1. The molecular weight excluding hydrogens is 256 g/mol. The zero-order valence-corrected chi connectivity index (χ0v) is 11.5. The van der Waals surface area contributed by atoms with Gasteiger partial charge in [-0.05, 0) is 24.7 Å². The number of ether oxygens (including phenoxy) is 1. The van der Waals surface area contributed by atoms with E-state index >= 15 is 0 Å². The molecule has 0 aliphatic heterocycles. The van der Waals surface area contributed by atoms with Gasteiger partial charge in [-0.3, -0.25) is 0 Å². The molecule has 0 N–H and O–H groups in total. The van der Waals surface area contributed by atoms with Crippen LogP contribution in [0.15, 0.2) is 33.5 Å². The van der Waals surface area contributed by atoms with Gasteiger partial charge in [-0.2, -0.15) is 5.26 Å². The lowest BCUT2D eigenvalue weighted by molar-refractivity contribution is 0.335. The molecular formula is C15H16N2O3. The zero-order chi connectivity index (χ0) is 14.5. The molecule has 0 spiro atoms. The number of fused-ring (bicyclic) bond motifs is 1. The van der Waals surface area contributed by atoms with Gasteiger partial charge in [-0.1, -0.05) is 0 Å². The van der Waals surface area contributed by atoms with E-state index in [0.29, 0.717) is 30.8 Å². The quantitative estimate of drug-likeness (QED) is 0.780. The van der Waals surface area contributed by atoms with E-state index in [0.717, 1.165) is 10.9 Å². The van der Waals surface area contributed by atoms with E-state index in [9.17, 15) is 4.79 Å². The van der Waals surface area contributed by atoms with Crippen LogP contribution < -0.4 is 10.4 Å². The van der Waals surface area contributed by atoms with E-state index < -0.39 is 0 Å². The average Bonchev–Trinajstić information content (AvgIpc) is 2.44. The zero-order valence-electron chi connectivity index (χ0n) is 11.5. The molecule has 0 aliphatic rings. The van der Waals surface area contributed by atoms with Crippen molar-refractivity contribution in [1.29, 1.82) is 5.26 Å². The summed E-state index contributed by atoms with van der Waals surface area (Å²) in [5.74, 6) is 0.649. The SMILES string of the molecule is COc1ccc2c(CN(C)CCC#N)cc(=O)oc2c1. The Morgan fingerprint density at radius 3 is 2.90 bits per heavy atom. The Morgan fingerprint density at radius 1 is 1.40 bits per heavy atom. The summed E-state index contributed by atoms with van der Waals surface area (Å²) < 4.78 is 10.3. The van der Waals surface area contributed by atoms with Crippen molar-refractivity contribution in [2.75, 3.05) is 20.7 Å². The fraction of sp³-hybridized carbons (Fsp3) is 0.333. The molecule has 20 heavy (non-hydrogen) atoms. The van der Waals surface area contributed by atoms with E-state index in [2.05, 4.69) is 6.07 Å². The lowest BCUT2D eigenvalue weighted by atomic mass is 10.1. The molecule has 0 amide bonds. The minimum Gasteiger partial charge on any atom is -0.497 e. The number of rotatable bonds is 5. The van der Waals surface area contributed by atoms with Gasteiger partial charge in [-0.15, -0.1) is 0 Å². The highest BCUT2D eigenvalue weighted by atomic mass is 16.5. The molecule has 1 aromatic carbocycles. The van der Waals surface area contributed by atoms with Crippen LogP contribution in [0.4, 0.5) is 0 Å². The van der Waals surface area contributed by atoms with Crippen LogP contribution in [-0.2, 0) is 6.54 Å². The number of benzene rings is 1. The predicted octanol–water partition coefficient (Wildman–Crippen LogP) is 2.15. The van der Waals surface area contributed by atoms with Gasteiger partial charge in [-0.25, -0.2) is 4.79 Å². The fourth-order valence-corrected chi connectivity index (χ4v) is 2.08. The summed E-state index contributed by atoms with van der Waals surface area (Å²) in [6.45, 7) is 1.25. The van der Waals surface area contributed by atoms with E-state index in [1.165, 1.54) is 6.07 Å². The van der Waals surface area contributed by atoms with Crippen LogP contribution >= 0.6 is 0 Å². The number of nitrogens with zero attached hydrogens (tertiary/aromatic N) is 2. The molecule has 5 heteroatoms. The lowest BCUT2D eigenvalue weighted by Crippen LogP contribution is -2.19. The second-order valence-corrected chi connectivity index (χ2v) is 4.60. The monoisotopic (exact) mass is 272 g/mol. The highest BCUT2D eigenvalue weighted by Crippen LogP contribution is 2.23. The van der Waals surface area contributed by atoms with Crippen molar-refractivity contribution < 1.29 is 9.15 Å². The van der Waals surface area contributed by atoms with Crippen molar-refractivity contribution in [2.24, 2.45) is 0 Å². The summed E-state index contributed by atoms with van der Waals surface area (Å²) in [4.78, 5) is 13.6. The van der Waals surface area contributed by atoms with Gasteiger partial charge in [0, 0.05) is 37.0 Å². The van der Waals surface area contributed by atoms with Gasteiger partial charge >= 0.3 is 5.63 Å². The van der Waals surface area contributed by atoms with Crippen molar-refractivity contribution in [3.63, 3.8) is 0 Å². The predicted molar refractivity (Wildman–Crippen MR) is 75.6 cm³/mol. The van der Waals surface area contributed by atoms with Gasteiger partial charge in [0.2, 0.25) is 0 Å². The van der Waals surface area contributed by atoms with Crippen LogP contribution in [-0.4, -0.2) is 25.6 Å². The van der Waals surface area contributed by atoms with Crippen molar-refractivity contribution in [2.45, 2.75) is 13.0 Å². The minimum atomic E-state index is -0.380. The van der Waals surface area contributed by atoms with Crippen LogP contribution in [0.3, 0.4) is 0 Å². The van der Waals surface area contributed by atoms with E-state index in [-0.39, 0.29) is 5.63 Å². The second-order valence-electron chi connectivity index (χ2n) is 4.60. The normalized spacial score (nSPS) is 10.7. The molecule has 0 aliphatic carbocycles. The maximum atomic E-state index is 11.6. The van der Waals surface area contributed by atoms with Crippen LogP contribution in [0.1, 0.15) is 12.0 Å². The minimum absolute atomic E-state index is 0.380. The van der Waals surface area contributed by atoms with Crippen molar-refractivity contribution >= 4 is 11.0 Å². The van der Waals surface area contributed by atoms with E-state index in [1.807, 2.05) is 24.1 Å². The lowest BCUT2D eigenvalue weighted by Gasteiger charge is -2.15. The number of hydrogen-bond donors (Lipinski definition) is 0. The molecule has 0 atom stereocenters. The summed E-state index contributed by atoms with van der Waals surface area (Å²) in [6, 6.07) is 9.03. The summed E-state index contributed by atoms with van der Waals surface area (Å²) in [5.41, 5.74) is 1.02. The van der Waals surface area contributed by atoms with Crippen LogP contribution in [0, 0.1) is 11.3 Å².